The third-order valence-electron chi connectivity index (χ3n) is 4.61. The Bertz CT molecular complexity index is 758. The number of carbonyl (C=O) groups excluding carboxylic acids is 1. The molecule has 4 heteroatoms. The summed E-state index contributed by atoms with van der Waals surface area (Å²) >= 11 is 0. The lowest BCUT2D eigenvalue weighted by Crippen LogP contribution is -2.16. The van der Waals surface area contributed by atoms with E-state index in [0.717, 1.165) is 36.9 Å². The number of carbonyl (C=O) groups is 1. The van der Waals surface area contributed by atoms with Gasteiger partial charge in [0.05, 0.1) is 11.6 Å². The van der Waals surface area contributed by atoms with Crippen LogP contribution < -0.4 is 5.32 Å². The van der Waals surface area contributed by atoms with Crippen LogP contribution in [0, 0.1) is 0 Å². The van der Waals surface area contributed by atoms with Gasteiger partial charge in [0.15, 0.2) is 0 Å². The van der Waals surface area contributed by atoms with Crippen molar-refractivity contribution >= 4 is 17.8 Å². The van der Waals surface area contributed by atoms with E-state index >= 15 is 0 Å². The van der Waals surface area contributed by atoms with Gasteiger partial charge in [0.2, 0.25) is 0 Å². The number of hydrogen-bond acceptors (Lipinski definition) is 2. The van der Waals surface area contributed by atoms with Crippen molar-refractivity contribution in [3.8, 4) is 0 Å². The zero-order chi connectivity index (χ0) is 22.4. The first-order valence-electron chi connectivity index (χ1n) is 11.0. The molecule has 0 aliphatic rings. The fourth-order valence-corrected chi connectivity index (χ4v) is 3.02. The van der Waals surface area contributed by atoms with Gasteiger partial charge in [-0.1, -0.05) is 57.6 Å². The number of aryl methyl sites for hydroxylation is 1. The van der Waals surface area contributed by atoms with E-state index in [0.29, 0.717) is 12.0 Å². The van der Waals surface area contributed by atoms with Gasteiger partial charge in [0.1, 0.15) is 6.17 Å². The minimum absolute atomic E-state index is 0.189. The number of aliphatic imine (C=N–C) groups is 1. The summed E-state index contributed by atoms with van der Waals surface area (Å²) in [6.07, 6.45) is 12.6. The van der Waals surface area contributed by atoms with Gasteiger partial charge in [0, 0.05) is 11.9 Å². The van der Waals surface area contributed by atoms with Gasteiger partial charge < -0.3 is 5.32 Å². The van der Waals surface area contributed by atoms with E-state index in [1.165, 1.54) is 12.5 Å². The number of nitrogens with one attached hydrogen (secondary N) is 1. The first-order chi connectivity index (χ1) is 14.4. The van der Waals surface area contributed by atoms with Crippen LogP contribution in [0.25, 0.3) is 0 Å². The van der Waals surface area contributed by atoms with Gasteiger partial charge in [-0.15, -0.1) is 0 Å². The largest absolute Gasteiger partial charge is 0.322 e. The van der Waals surface area contributed by atoms with Crippen LogP contribution in [-0.4, -0.2) is 24.3 Å². The molecule has 2 atom stereocenters. The van der Waals surface area contributed by atoms with E-state index in [1.807, 2.05) is 50.3 Å². The van der Waals surface area contributed by atoms with Crippen LogP contribution in [0.15, 0.2) is 64.7 Å². The highest BCUT2D eigenvalue weighted by molar-refractivity contribution is 6.17. The van der Waals surface area contributed by atoms with E-state index in [1.54, 1.807) is 12.3 Å². The molecule has 0 aliphatic heterocycles. The predicted molar refractivity (Wildman–Crippen MR) is 128 cm³/mol. The highest BCUT2D eigenvalue weighted by Gasteiger charge is 2.11. The summed E-state index contributed by atoms with van der Waals surface area (Å²) in [5.74, 6) is -0.189. The Kier molecular flexibility index (Phi) is 12.3. The normalized spacial score (nSPS) is 15.0. The monoisotopic (exact) mass is 412 g/mol. The zero-order valence-corrected chi connectivity index (χ0v) is 19.1. The Morgan fingerprint density at radius 1 is 1.10 bits per heavy atom. The fourth-order valence-electron chi connectivity index (χ4n) is 3.02. The molecule has 0 aromatic heterocycles. The molecule has 0 heterocycles. The molecule has 0 fully saturated rings. The number of halogens is 1. The van der Waals surface area contributed by atoms with Crippen molar-refractivity contribution in [3.63, 3.8) is 0 Å². The van der Waals surface area contributed by atoms with Gasteiger partial charge in [-0.05, 0) is 68.9 Å². The molecule has 0 aliphatic carbocycles. The minimum Gasteiger partial charge on any atom is -0.322 e. The van der Waals surface area contributed by atoms with Crippen molar-refractivity contribution in [1.29, 1.82) is 0 Å². The highest BCUT2D eigenvalue weighted by Crippen LogP contribution is 2.16. The molecule has 0 spiro atoms. The quantitative estimate of drug-likeness (QED) is 0.224. The molecular weight excluding hydrogens is 375 g/mol. The van der Waals surface area contributed by atoms with Gasteiger partial charge in [0.25, 0.3) is 5.91 Å². The number of amides is 1. The fraction of sp³-hybridized carbons (Fsp3) is 0.462. The SMILES string of the molecule is CC/C=C\C/C(=C\C(C)F)C(C)N=C/C(=C\CC)C(=O)Nc1ccc(CCC)cc1. The third-order valence-corrected chi connectivity index (χ3v) is 4.61. The molecule has 3 nitrogen and oxygen atoms in total. The van der Waals surface area contributed by atoms with Crippen LogP contribution in [-0.2, 0) is 11.2 Å². The van der Waals surface area contributed by atoms with Crippen LogP contribution in [0.1, 0.15) is 65.9 Å². The second-order valence-electron chi connectivity index (χ2n) is 7.43. The number of rotatable bonds is 12. The minimum atomic E-state index is -1.03. The highest BCUT2D eigenvalue weighted by atomic mass is 19.1. The average molecular weight is 413 g/mol. The van der Waals surface area contributed by atoms with E-state index in [9.17, 15) is 9.18 Å². The van der Waals surface area contributed by atoms with Crippen molar-refractivity contribution in [3.05, 3.63) is 65.3 Å². The summed E-state index contributed by atoms with van der Waals surface area (Å²) in [7, 11) is 0. The van der Waals surface area contributed by atoms with Crippen LogP contribution in [0.2, 0.25) is 0 Å². The average Bonchev–Trinajstić information content (AvgIpc) is 2.71. The number of benzene rings is 1. The Morgan fingerprint density at radius 2 is 1.80 bits per heavy atom. The molecule has 0 radical (unpaired) electrons. The molecular formula is C26H37FN2O. The number of allylic oxidation sites excluding steroid dienone is 4. The third kappa shape index (κ3) is 9.82. The molecule has 0 bridgehead atoms. The number of hydrogen-bond donors (Lipinski definition) is 1. The maximum Gasteiger partial charge on any atom is 0.256 e. The molecule has 1 aromatic rings. The van der Waals surface area contributed by atoms with E-state index in [-0.39, 0.29) is 11.9 Å². The molecule has 164 valence electrons. The first kappa shape index (κ1) is 25.5. The molecule has 1 rings (SSSR count). The van der Waals surface area contributed by atoms with Gasteiger partial charge >= 0.3 is 0 Å². The van der Waals surface area contributed by atoms with E-state index in [4.69, 9.17) is 0 Å². The summed E-state index contributed by atoms with van der Waals surface area (Å²) in [5.41, 5.74) is 3.45. The van der Waals surface area contributed by atoms with Crippen molar-refractivity contribution in [2.75, 3.05) is 5.32 Å². The van der Waals surface area contributed by atoms with Crippen LogP contribution in [0.3, 0.4) is 0 Å². The predicted octanol–water partition coefficient (Wildman–Crippen LogP) is 7.01. The van der Waals surface area contributed by atoms with Crippen LogP contribution in [0.5, 0.6) is 0 Å². The summed E-state index contributed by atoms with van der Waals surface area (Å²) in [6.45, 7) is 9.64. The Hall–Kier alpha value is -2.49. The Balaban J connectivity index is 2.89. The van der Waals surface area contributed by atoms with Crippen LogP contribution >= 0.6 is 0 Å². The summed E-state index contributed by atoms with van der Waals surface area (Å²) in [6, 6.07) is 7.73. The molecule has 1 amide bonds. The van der Waals surface area contributed by atoms with Crippen molar-refractivity contribution in [2.45, 2.75) is 78.9 Å². The number of alkyl halides is 1. The maximum absolute atomic E-state index is 13.6. The lowest BCUT2D eigenvalue weighted by Gasteiger charge is -2.12. The lowest BCUT2D eigenvalue weighted by atomic mass is 10.0. The van der Waals surface area contributed by atoms with Crippen molar-refractivity contribution < 1.29 is 9.18 Å². The summed E-state index contributed by atoms with van der Waals surface area (Å²) < 4.78 is 13.6. The Labute approximate surface area is 181 Å². The number of anilines is 1. The molecule has 1 aromatic carbocycles. The molecule has 2 unspecified atom stereocenters. The molecule has 1 N–H and O–H groups in total. The second kappa shape index (κ2) is 14.5. The van der Waals surface area contributed by atoms with Crippen molar-refractivity contribution in [2.24, 2.45) is 4.99 Å². The van der Waals surface area contributed by atoms with Crippen LogP contribution in [0.4, 0.5) is 10.1 Å². The van der Waals surface area contributed by atoms with E-state index in [2.05, 4.69) is 30.2 Å². The summed E-state index contributed by atoms with van der Waals surface area (Å²) in [4.78, 5) is 17.3. The lowest BCUT2D eigenvalue weighted by molar-refractivity contribution is -0.112. The smallest absolute Gasteiger partial charge is 0.256 e. The number of nitrogens with zero attached hydrogens (tertiary/aromatic N) is 1. The first-order valence-corrected chi connectivity index (χ1v) is 11.0. The molecule has 30 heavy (non-hydrogen) atoms. The second-order valence-corrected chi connectivity index (χ2v) is 7.43. The standard InChI is InChI=1S/C26H37FN2O/c1-6-9-10-13-23(18-20(4)27)21(5)28-19-24(12-8-3)26(30)29-25-16-14-22(11-7-2)15-17-25/h9-10,12,14-21H,6-8,11,13H2,1-5H3,(H,29,30)/b10-9-,23-18+,24-12+,28-19?. The topological polar surface area (TPSA) is 41.5 Å². The molecule has 0 saturated heterocycles. The maximum atomic E-state index is 13.6. The van der Waals surface area contributed by atoms with Gasteiger partial charge in [-0.3, -0.25) is 9.79 Å². The Morgan fingerprint density at radius 3 is 2.37 bits per heavy atom. The summed E-state index contributed by atoms with van der Waals surface area (Å²) in [5, 5.41) is 2.94. The van der Waals surface area contributed by atoms with E-state index < -0.39 is 6.17 Å². The van der Waals surface area contributed by atoms with Gasteiger partial charge in [-0.25, -0.2) is 4.39 Å². The van der Waals surface area contributed by atoms with Gasteiger partial charge in [-0.2, -0.15) is 0 Å². The zero-order valence-electron chi connectivity index (χ0n) is 19.1. The van der Waals surface area contributed by atoms with Crippen molar-refractivity contribution in [1.82, 2.24) is 0 Å². The molecule has 0 saturated carbocycles.